The highest BCUT2D eigenvalue weighted by Crippen LogP contribution is 2.47. The van der Waals surface area contributed by atoms with Gasteiger partial charge in [-0.25, -0.2) is 9.97 Å². The van der Waals surface area contributed by atoms with Crippen molar-refractivity contribution in [1.82, 2.24) is 14.5 Å². The van der Waals surface area contributed by atoms with Crippen LogP contribution in [-0.4, -0.2) is 14.5 Å². The number of aryl methyl sites for hydroxylation is 2. The molecule has 2 heterocycles. The molecule has 4 heteroatoms. The molecule has 1 fully saturated rings. The van der Waals surface area contributed by atoms with E-state index in [0.717, 1.165) is 23.4 Å². The fourth-order valence-corrected chi connectivity index (χ4v) is 2.62. The van der Waals surface area contributed by atoms with Gasteiger partial charge in [-0.3, -0.25) is 0 Å². The highest BCUT2D eigenvalue weighted by Gasteiger charge is 2.38. The van der Waals surface area contributed by atoms with E-state index in [1.807, 2.05) is 6.92 Å². The van der Waals surface area contributed by atoms with Crippen LogP contribution >= 0.6 is 0 Å². The monoisotopic (exact) mass is 244 g/mol. The van der Waals surface area contributed by atoms with Crippen LogP contribution in [0.1, 0.15) is 36.8 Å². The molecule has 0 saturated heterocycles. The van der Waals surface area contributed by atoms with Crippen molar-refractivity contribution in [2.45, 2.75) is 47.1 Å². The second-order valence-corrected chi connectivity index (χ2v) is 5.96. The number of aromatic nitrogens is 3. The van der Waals surface area contributed by atoms with Crippen LogP contribution in [0, 0.1) is 26.2 Å². The van der Waals surface area contributed by atoms with E-state index in [4.69, 9.17) is 5.73 Å². The molecule has 2 aromatic rings. The van der Waals surface area contributed by atoms with Crippen LogP contribution in [0.2, 0.25) is 0 Å². The highest BCUT2D eigenvalue weighted by molar-refractivity contribution is 5.91. The molecule has 1 saturated carbocycles. The summed E-state index contributed by atoms with van der Waals surface area (Å²) in [5.41, 5.74) is 10.00. The van der Waals surface area contributed by atoms with Gasteiger partial charge in [-0.2, -0.15) is 0 Å². The highest BCUT2D eigenvalue weighted by atomic mass is 15.1. The van der Waals surface area contributed by atoms with Gasteiger partial charge in [0.15, 0.2) is 0 Å². The molecule has 3 rings (SSSR count). The summed E-state index contributed by atoms with van der Waals surface area (Å²) in [6.45, 7) is 9.54. The lowest BCUT2D eigenvalue weighted by atomic mass is 10.1. The average Bonchev–Trinajstić information content (AvgIpc) is 2.96. The Labute approximate surface area is 107 Å². The molecule has 18 heavy (non-hydrogen) atoms. The van der Waals surface area contributed by atoms with E-state index >= 15 is 0 Å². The molecule has 0 aromatic carbocycles. The van der Waals surface area contributed by atoms with Crippen molar-refractivity contribution in [3.8, 4) is 0 Å². The first-order valence-corrected chi connectivity index (χ1v) is 6.51. The Hall–Kier alpha value is -1.58. The Morgan fingerprint density at radius 1 is 1.22 bits per heavy atom. The zero-order chi connectivity index (χ0) is 13.1. The first kappa shape index (κ1) is 11.5. The van der Waals surface area contributed by atoms with Gasteiger partial charge in [-0.15, -0.1) is 0 Å². The summed E-state index contributed by atoms with van der Waals surface area (Å²) in [5.74, 6) is 1.36. The molecule has 2 aromatic heterocycles. The van der Waals surface area contributed by atoms with E-state index in [2.05, 4.69) is 35.3 Å². The van der Waals surface area contributed by atoms with Crippen LogP contribution in [0.3, 0.4) is 0 Å². The maximum absolute atomic E-state index is 6.06. The Morgan fingerprint density at radius 3 is 2.50 bits per heavy atom. The second-order valence-electron chi connectivity index (χ2n) is 5.96. The largest absolute Gasteiger partial charge is 0.383 e. The third-order valence-corrected chi connectivity index (χ3v) is 4.25. The van der Waals surface area contributed by atoms with Crippen LogP contribution in [0.5, 0.6) is 0 Å². The van der Waals surface area contributed by atoms with Crippen molar-refractivity contribution in [3.63, 3.8) is 0 Å². The van der Waals surface area contributed by atoms with Crippen molar-refractivity contribution in [2.75, 3.05) is 5.73 Å². The van der Waals surface area contributed by atoms with E-state index in [1.54, 1.807) is 0 Å². The minimum atomic E-state index is 0.455. The second kappa shape index (κ2) is 3.46. The van der Waals surface area contributed by atoms with Crippen LogP contribution in [0.4, 0.5) is 5.82 Å². The van der Waals surface area contributed by atoms with Crippen molar-refractivity contribution in [3.05, 3.63) is 17.1 Å². The Morgan fingerprint density at radius 2 is 1.89 bits per heavy atom. The topological polar surface area (TPSA) is 56.7 Å². The van der Waals surface area contributed by atoms with Gasteiger partial charge in [0.1, 0.15) is 17.3 Å². The summed E-state index contributed by atoms with van der Waals surface area (Å²) in [6.07, 6.45) is 2.62. The summed E-state index contributed by atoms with van der Waals surface area (Å²) >= 11 is 0. The lowest BCUT2D eigenvalue weighted by Gasteiger charge is -2.13. The molecule has 96 valence electrons. The molecule has 0 spiro atoms. The maximum Gasteiger partial charge on any atom is 0.146 e. The number of nitrogens with zero attached hydrogens (tertiary/aromatic N) is 3. The van der Waals surface area contributed by atoms with Crippen LogP contribution < -0.4 is 5.73 Å². The predicted octanol–water partition coefficient (Wildman–Crippen LogP) is 2.74. The molecule has 0 radical (unpaired) electrons. The molecule has 0 bridgehead atoms. The first-order valence-electron chi connectivity index (χ1n) is 6.51. The molecular weight excluding hydrogens is 224 g/mol. The van der Waals surface area contributed by atoms with Gasteiger partial charge in [0.25, 0.3) is 0 Å². The number of hydrogen-bond donors (Lipinski definition) is 1. The maximum atomic E-state index is 6.06. The SMILES string of the molecule is Cc1nc(N)c2c(C)c(C)n(CC3(C)CC3)c2n1. The quantitative estimate of drug-likeness (QED) is 0.883. The summed E-state index contributed by atoms with van der Waals surface area (Å²) in [5, 5.41) is 1.03. The zero-order valence-corrected chi connectivity index (χ0v) is 11.5. The minimum absolute atomic E-state index is 0.455. The summed E-state index contributed by atoms with van der Waals surface area (Å²) in [6, 6.07) is 0. The standard InChI is InChI=1S/C14H20N4/c1-8-9(2)18(7-14(4)5-6-14)13-11(8)12(15)16-10(3)17-13/h5-7H2,1-4H3,(H2,15,16,17). The van der Waals surface area contributed by atoms with E-state index < -0.39 is 0 Å². The van der Waals surface area contributed by atoms with Crippen molar-refractivity contribution < 1.29 is 0 Å². The molecule has 2 N–H and O–H groups in total. The first-order chi connectivity index (χ1) is 8.41. The number of nitrogens with two attached hydrogens (primary N) is 1. The van der Waals surface area contributed by atoms with Gasteiger partial charge in [0.05, 0.1) is 5.39 Å². The molecule has 0 amide bonds. The molecule has 1 aliphatic rings. The number of nitrogen functional groups attached to an aromatic ring is 1. The van der Waals surface area contributed by atoms with Crippen LogP contribution in [-0.2, 0) is 6.54 Å². The molecule has 0 aliphatic heterocycles. The number of rotatable bonds is 2. The number of hydrogen-bond acceptors (Lipinski definition) is 3. The van der Waals surface area contributed by atoms with E-state index in [1.165, 1.54) is 24.1 Å². The van der Waals surface area contributed by atoms with Crippen molar-refractivity contribution in [1.29, 1.82) is 0 Å². The molecule has 0 atom stereocenters. The van der Waals surface area contributed by atoms with Gasteiger partial charge in [0.2, 0.25) is 0 Å². The van der Waals surface area contributed by atoms with E-state index in [-0.39, 0.29) is 0 Å². The minimum Gasteiger partial charge on any atom is -0.383 e. The third kappa shape index (κ3) is 1.59. The van der Waals surface area contributed by atoms with E-state index in [0.29, 0.717) is 11.2 Å². The number of anilines is 1. The van der Waals surface area contributed by atoms with Crippen molar-refractivity contribution >= 4 is 16.9 Å². The summed E-state index contributed by atoms with van der Waals surface area (Å²) < 4.78 is 2.32. The van der Waals surface area contributed by atoms with Gasteiger partial charge in [-0.05, 0) is 44.6 Å². The third-order valence-electron chi connectivity index (χ3n) is 4.25. The Kier molecular flexibility index (Phi) is 2.22. The van der Waals surface area contributed by atoms with Crippen LogP contribution in [0.25, 0.3) is 11.0 Å². The molecular formula is C14H20N4. The lowest BCUT2D eigenvalue weighted by Crippen LogP contribution is -2.10. The van der Waals surface area contributed by atoms with Gasteiger partial charge >= 0.3 is 0 Å². The zero-order valence-electron chi connectivity index (χ0n) is 11.5. The summed E-state index contributed by atoms with van der Waals surface area (Å²) in [4.78, 5) is 8.88. The lowest BCUT2D eigenvalue weighted by molar-refractivity contribution is 0.466. The van der Waals surface area contributed by atoms with Gasteiger partial charge in [0, 0.05) is 12.2 Å². The smallest absolute Gasteiger partial charge is 0.146 e. The van der Waals surface area contributed by atoms with Gasteiger partial charge in [-0.1, -0.05) is 6.92 Å². The van der Waals surface area contributed by atoms with Gasteiger partial charge < -0.3 is 10.3 Å². The number of fused-ring (bicyclic) bond motifs is 1. The average molecular weight is 244 g/mol. The van der Waals surface area contributed by atoms with E-state index in [9.17, 15) is 0 Å². The molecule has 1 aliphatic carbocycles. The predicted molar refractivity (Wildman–Crippen MR) is 73.5 cm³/mol. The fourth-order valence-electron chi connectivity index (χ4n) is 2.62. The Bertz CT molecular complexity index is 635. The van der Waals surface area contributed by atoms with Crippen molar-refractivity contribution in [2.24, 2.45) is 5.41 Å². The molecule has 4 nitrogen and oxygen atoms in total. The summed E-state index contributed by atoms with van der Waals surface area (Å²) in [7, 11) is 0. The Balaban J connectivity index is 2.26. The fraction of sp³-hybridized carbons (Fsp3) is 0.571. The van der Waals surface area contributed by atoms with Crippen LogP contribution in [0.15, 0.2) is 0 Å². The molecule has 0 unspecified atom stereocenters. The normalized spacial score (nSPS) is 17.3.